The number of hydrogen-bond donors (Lipinski definition) is 1. The Kier molecular flexibility index (Phi) is 4.46. The predicted molar refractivity (Wildman–Crippen MR) is 82.7 cm³/mol. The molecule has 1 unspecified atom stereocenters. The second kappa shape index (κ2) is 6.14. The highest BCUT2D eigenvalue weighted by Crippen LogP contribution is 2.36. The summed E-state index contributed by atoms with van der Waals surface area (Å²) in [6, 6.07) is 7.94. The Balaban J connectivity index is 1.62. The molecule has 1 saturated heterocycles. The van der Waals surface area contributed by atoms with E-state index in [-0.39, 0.29) is 5.60 Å². The van der Waals surface area contributed by atoms with Crippen LogP contribution in [0.1, 0.15) is 37.4 Å². The number of rotatable bonds is 3. The normalized spacial score (nSPS) is 24.1. The van der Waals surface area contributed by atoms with E-state index in [1.165, 1.54) is 25.7 Å². The van der Waals surface area contributed by atoms with Gasteiger partial charge >= 0.3 is 0 Å². The molecule has 3 rings (SSSR count). The summed E-state index contributed by atoms with van der Waals surface area (Å²) in [5.41, 5.74) is 1.06. The number of hydrogen-bond acceptors (Lipinski definition) is 3. The van der Waals surface area contributed by atoms with Gasteiger partial charge in [-0.2, -0.15) is 0 Å². The van der Waals surface area contributed by atoms with Gasteiger partial charge < -0.3 is 9.84 Å². The summed E-state index contributed by atoms with van der Waals surface area (Å²) in [6.45, 7) is 3.39. The molecule has 0 bridgehead atoms. The average molecular weight is 340 g/mol. The Labute approximate surface area is 129 Å². The number of aliphatic hydroxyl groups excluding tert-OH is 1. The lowest BCUT2D eigenvalue weighted by atomic mass is 9.99. The predicted octanol–water partition coefficient (Wildman–Crippen LogP) is 3.13. The minimum atomic E-state index is -0.427. The zero-order valence-electron chi connectivity index (χ0n) is 11.7. The highest BCUT2D eigenvalue weighted by Gasteiger charge is 2.39. The molecule has 1 aromatic rings. The van der Waals surface area contributed by atoms with E-state index in [0.717, 1.165) is 29.7 Å². The number of β-amino-alcohol motifs (C(OH)–C–C–N with tert-alkyl or cyclic N) is 1. The Morgan fingerprint density at radius 2 is 2.15 bits per heavy atom. The van der Waals surface area contributed by atoms with Crippen LogP contribution >= 0.6 is 15.9 Å². The van der Waals surface area contributed by atoms with Gasteiger partial charge in [0.25, 0.3) is 0 Å². The topological polar surface area (TPSA) is 32.7 Å². The molecule has 1 aromatic carbocycles. The summed E-state index contributed by atoms with van der Waals surface area (Å²) in [5.74, 6) is 0. The van der Waals surface area contributed by atoms with Crippen molar-refractivity contribution in [1.29, 1.82) is 0 Å². The first-order chi connectivity index (χ1) is 9.67. The third-order valence-corrected chi connectivity index (χ3v) is 5.00. The van der Waals surface area contributed by atoms with Gasteiger partial charge in [-0.1, -0.05) is 40.9 Å². The zero-order chi connectivity index (χ0) is 14.0. The Morgan fingerprint density at radius 3 is 2.90 bits per heavy atom. The molecule has 4 heteroatoms. The lowest BCUT2D eigenvalue weighted by Gasteiger charge is -2.41. The van der Waals surface area contributed by atoms with Crippen LogP contribution in [0.15, 0.2) is 28.7 Å². The molecule has 2 aliphatic rings. The molecule has 1 N–H and O–H groups in total. The number of nitrogens with zero attached hydrogens (tertiary/aromatic N) is 1. The van der Waals surface area contributed by atoms with E-state index in [9.17, 15) is 5.11 Å². The maximum atomic E-state index is 10.4. The Morgan fingerprint density at radius 1 is 1.35 bits per heavy atom. The minimum absolute atomic E-state index is 0.0786. The van der Waals surface area contributed by atoms with Gasteiger partial charge in [0, 0.05) is 24.1 Å². The standard InChI is InChI=1S/C16H22BrNO2/c17-14-5-3-4-13(10-14)15(19)11-18-8-9-20-16(12-18)6-1-2-7-16/h3-5,10,15,19H,1-2,6-9,11-12H2. The quantitative estimate of drug-likeness (QED) is 0.918. The first-order valence-corrected chi connectivity index (χ1v) is 8.26. The maximum absolute atomic E-state index is 10.4. The van der Waals surface area contributed by atoms with Crippen LogP contribution in [0.5, 0.6) is 0 Å². The summed E-state index contributed by atoms with van der Waals surface area (Å²) in [6.07, 6.45) is 4.49. The van der Waals surface area contributed by atoms with Gasteiger partial charge in [-0.3, -0.25) is 4.90 Å². The van der Waals surface area contributed by atoms with Gasteiger partial charge in [0.2, 0.25) is 0 Å². The second-order valence-corrected chi connectivity index (χ2v) is 6.96. The molecular weight excluding hydrogens is 318 g/mol. The van der Waals surface area contributed by atoms with E-state index >= 15 is 0 Å². The van der Waals surface area contributed by atoms with Crippen molar-refractivity contribution in [2.75, 3.05) is 26.2 Å². The maximum Gasteiger partial charge on any atom is 0.0917 e. The van der Waals surface area contributed by atoms with E-state index in [1.54, 1.807) is 0 Å². The lowest BCUT2D eigenvalue weighted by Crippen LogP contribution is -2.51. The van der Waals surface area contributed by atoms with Gasteiger partial charge in [-0.15, -0.1) is 0 Å². The Bertz CT molecular complexity index is 460. The fraction of sp³-hybridized carbons (Fsp3) is 0.625. The number of ether oxygens (including phenoxy) is 1. The summed E-state index contributed by atoms with van der Waals surface area (Å²) < 4.78 is 7.05. The first-order valence-electron chi connectivity index (χ1n) is 7.47. The highest BCUT2D eigenvalue weighted by atomic mass is 79.9. The summed E-state index contributed by atoms with van der Waals surface area (Å²) in [4.78, 5) is 2.36. The molecule has 1 aliphatic heterocycles. The van der Waals surface area contributed by atoms with Crippen molar-refractivity contribution in [2.45, 2.75) is 37.4 Å². The third kappa shape index (κ3) is 3.25. The summed E-state index contributed by atoms with van der Waals surface area (Å²) >= 11 is 3.46. The van der Waals surface area contributed by atoms with Crippen molar-refractivity contribution < 1.29 is 9.84 Å². The van der Waals surface area contributed by atoms with Gasteiger partial charge in [0.1, 0.15) is 0 Å². The van der Waals surface area contributed by atoms with Crippen LogP contribution in [0.3, 0.4) is 0 Å². The molecular formula is C16H22BrNO2. The molecule has 1 saturated carbocycles. The van der Waals surface area contributed by atoms with Crippen molar-refractivity contribution in [3.8, 4) is 0 Å². The van der Waals surface area contributed by atoms with Crippen molar-refractivity contribution in [2.24, 2.45) is 0 Å². The number of morpholine rings is 1. The molecule has 0 aromatic heterocycles. The fourth-order valence-corrected chi connectivity index (χ4v) is 3.88. The van der Waals surface area contributed by atoms with Crippen molar-refractivity contribution in [3.05, 3.63) is 34.3 Å². The van der Waals surface area contributed by atoms with Gasteiger partial charge in [0.05, 0.1) is 18.3 Å². The summed E-state index contributed by atoms with van der Waals surface area (Å²) in [7, 11) is 0. The smallest absolute Gasteiger partial charge is 0.0917 e. The zero-order valence-corrected chi connectivity index (χ0v) is 13.3. The van der Waals surface area contributed by atoms with E-state index in [0.29, 0.717) is 6.54 Å². The third-order valence-electron chi connectivity index (χ3n) is 4.51. The van der Waals surface area contributed by atoms with E-state index in [4.69, 9.17) is 4.74 Å². The fourth-order valence-electron chi connectivity index (χ4n) is 3.46. The van der Waals surface area contributed by atoms with E-state index in [2.05, 4.69) is 20.8 Å². The van der Waals surface area contributed by atoms with Crippen LogP contribution in [0.25, 0.3) is 0 Å². The summed E-state index contributed by atoms with van der Waals surface area (Å²) in [5, 5.41) is 10.4. The molecule has 1 atom stereocenters. The van der Waals surface area contributed by atoms with Crippen LogP contribution in [-0.2, 0) is 4.74 Å². The highest BCUT2D eigenvalue weighted by molar-refractivity contribution is 9.10. The molecule has 3 nitrogen and oxygen atoms in total. The molecule has 0 amide bonds. The van der Waals surface area contributed by atoms with Crippen molar-refractivity contribution in [3.63, 3.8) is 0 Å². The van der Waals surface area contributed by atoms with Gasteiger partial charge in [-0.25, -0.2) is 0 Å². The molecule has 1 heterocycles. The molecule has 0 radical (unpaired) electrons. The molecule has 110 valence electrons. The minimum Gasteiger partial charge on any atom is -0.387 e. The number of benzene rings is 1. The second-order valence-electron chi connectivity index (χ2n) is 6.04. The number of halogens is 1. The SMILES string of the molecule is OC(CN1CCOC2(CCCC2)C1)c1cccc(Br)c1. The monoisotopic (exact) mass is 339 g/mol. The van der Waals surface area contributed by atoms with Gasteiger partial charge in [-0.05, 0) is 30.5 Å². The lowest BCUT2D eigenvalue weighted by molar-refractivity contribution is -0.111. The van der Waals surface area contributed by atoms with Crippen LogP contribution in [0.4, 0.5) is 0 Å². The average Bonchev–Trinajstić information content (AvgIpc) is 2.87. The molecule has 1 spiro atoms. The molecule has 2 fully saturated rings. The van der Waals surface area contributed by atoms with Crippen LogP contribution in [0, 0.1) is 0 Å². The first kappa shape index (κ1) is 14.5. The van der Waals surface area contributed by atoms with E-state index in [1.807, 2.05) is 24.3 Å². The van der Waals surface area contributed by atoms with Crippen molar-refractivity contribution >= 4 is 15.9 Å². The van der Waals surface area contributed by atoms with Gasteiger partial charge in [0.15, 0.2) is 0 Å². The van der Waals surface area contributed by atoms with Crippen molar-refractivity contribution in [1.82, 2.24) is 4.90 Å². The molecule has 20 heavy (non-hydrogen) atoms. The Hall–Kier alpha value is -0.420. The number of aliphatic hydroxyl groups is 1. The van der Waals surface area contributed by atoms with Crippen LogP contribution in [0.2, 0.25) is 0 Å². The largest absolute Gasteiger partial charge is 0.387 e. The van der Waals surface area contributed by atoms with E-state index < -0.39 is 6.10 Å². The van der Waals surface area contributed by atoms with Crippen LogP contribution < -0.4 is 0 Å². The molecule has 1 aliphatic carbocycles. The van der Waals surface area contributed by atoms with Crippen LogP contribution in [-0.4, -0.2) is 41.8 Å².